The van der Waals surface area contributed by atoms with E-state index in [9.17, 15) is 8.42 Å². The Hall–Kier alpha value is -1.32. The van der Waals surface area contributed by atoms with Gasteiger partial charge in [-0.3, -0.25) is 0 Å². The standard InChI is InChI=1S/C8H9ClN4O3S2/c1-4-3-5(17-6(4)9)18(14,15)13-7-10-8(16-2)12-11-7/h3H,1-2H3,(H2,10,11,12,13). The summed E-state index contributed by atoms with van der Waals surface area (Å²) in [6.07, 6.45) is 0. The minimum atomic E-state index is -3.72. The maximum absolute atomic E-state index is 12.0. The number of anilines is 1. The predicted octanol–water partition coefficient (Wildman–Crippen LogP) is 1.64. The molecule has 0 radical (unpaired) electrons. The molecule has 0 aromatic carbocycles. The Kier molecular flexibility index (Phi) is 3.46. The van der Waals surface area contributed by atoms with Gasteiger partial charge in [-0.15, -0.1) is 16.4 Å². The zero-order chi connectivity index (χ0) is 13.3. The van der Waals surface area contributed by atoms with E-state index in [0.717, 1.165) is 11.3 Å². The van der Waals surface area contributed by atoms with Gasteiger partial charge in [-0.1, -0.05) is 11.6 Å². The van der Waals surface area contributed by atoms with Crippen molar-refractivity contribution in [2.45, 2.75) is 11.1 Å². The van der Waals surface area contributed by atoms with E-state index in [4.69, 9.17) is 16.3 Å². The number of hydrogen-bond acceptors (Lipinski definition) is 6. The summed E-state index contributed by atoms with van der Waals surface area (Å²) < 4.78 is 31.5. The topological polar surface area (TPSA) is 97.0 Å². The lowest BCUT2D eigenvalue weighted by Gasteiger charge is -2.00. The molecule has 2 rings (SSSR count). The van der Waals surface area contributed by atoms with Gasteiger partial charge in [-0.05, 0) is 18.6 Å². The van der Waals surface area contributed by atoms with Crippen LogP contribution >= 0.6 is 22.9 Å². The third kappa shape index (κ3) is 2.57. The molecule has 2 aromatic rings. The SMILES string of the molecule is COc1n[nH]c(NS(=O)(=O)c2cc(C)c(Cl)s2)n1. The molecule has 0 saturated carbocycles. The first-order valence-corrected chi connectivity index (χ1v) is 7.35. The van der Waals surface area contributed by atoms with Gasteiger partial charge in [0.15, 0.2) is 0 Å². The Morgan fingerprint density at radius 3 is 2.78 bits per heavy atom. The molecule has 2 N–H and O–H groups in total. The maximum atomic E-state index is 12.0. The first-order chi connectivity index (χ1) is 8.42. The number of aromatic nitrogens is 3. The van der Waals surface area contributed by atoms with Crippen LogP contribution in [0.3, 0.4) is 0 Å². The van der Waals surface area contributed by atoms with Crippen LogP contribution in [0.2, 0.25) is 4.34 Å². The van der Waals surface area contributed by atoms with Crippen LogP contribution < -0.4 is 9.46 Å². The molecule has 98 valence electrons. The van der Waals surface area contributed by atoms with Gasteiger partial charge in [0.25, 0.3) is 10.0 Å². The van der Waals surface area contributed by atoms with Crippen molar-refractivity contribution in [3.63, 3.8) is 0 Å². The summed E-state index contributed by atoms with van der Waals surface area (Å²) in [4.78, 5) is 3.76. The van der Waals surface area contributed by atoms with Crippen molar-refractivity contribution < 1.29 is 13.2 Å². The van der Waals surface area contributed by atoms with Crippen LogP contribution in [0.5, 0.6) is 6.01 Å². The monoisotopic (exact) mass is 308 g/mol. The normalized spacial score (nSPS) is 11.5. The van der Waals surface area contributed by atoms with Crippen LogP contribution in [0.1, 0.15) is 5.56 Å². The van der Waals surface area contributed by atoms with Crippen LogP contribution in [-0.4, -0.2) is 30.7 Å². The lowest BCUT2D eigenvalue weighted by molar-refractivity contribution is 0.382. The fourth-order valence-electron chi connectivity index (χ4n) is 1.13. The van der Waals surface area contributed by atoms with E-state index in [2.05, 4.69) is 19.9 Å². The first kappa shape index (κ1) is 13.1. The van der Waals surface area contributed by atoms with Crippen LogP contribution in [0.4, 0.5) is 5.95 Å². The summed E-state index contributed by atoms with van der Waals surface area (Å²) in [5.74, 6) is -0.0194. The number of methoxy groups -OCH3 is 1. The van der Waals surface area contributed by atoms with Gasteiger partial charge >= 0.3 is 6.01 Å². The number of aryl methyl sites for hydroxylation is 1. The highest BCUT2D eigenvalue weighted by Gasteiger charge is 2.20. The highest BCUT2D eigenvalue weighted by atomic mass is 35.5. The molecule has 0 bridgehead atoms. The van der Waals surface area contributed by atoms with Gasteiger partial charge in [-0.25, -0.2) is 18.2 Å². The van der Waals surface area contributed by atoms with Crippen molar-refractivity contribution in [2.24, 2.45) is 0 Å². The van der Waals surface area contributed by atoms with Gasteiger partial charge in [-0.2, -0.15) is 4.98 Å². The second-order valence-corrected chi connectivity index (χ2v) is 6.86. The van der Waals surface area contributed by atoms with Crippen LogP contribution in [0.15, 0.2) is 10.3 Å². The Labute approximate surface area is 112 Å². The molecule has 18 heavy (non-hydrogen) atoms. The van der Waals surface area contributed by atoms with Crippen LogP contribution in [0, 0.1) is 6.92 Å². The minimum Gasteiger partial charge on any atom is -0.466 e. The molecule has 0 fully saturated rings. The number of aromatic amines is 1. The highest BCUT2D eigenvalue weighted by molar-refractivity contribution is 7.94. The van der Waals surface area contributed by atoms with Gasteiger partial charge in [0.1, 0.15) is 4.21 Å². The largest absolute Gasteiger partial charge is 0.466 e. The molecule has 0 amide bonds. The van der Waals surface area contributed by atoms with E-state index < -0.39 is 10.0 Å². The molecule has 0 spiro atoms. The van der Waals surface area contributed by atoms with E-state index in [1.54, 1.807) is 6.92 Å². The van der Waals surface area contributed by atoms with Crippen LogP contribution in [-0.2, 0) is 10.0 Å². The molecule has 0 aliphatic heterocycles. The summed E-state index contributed by atoms with van der Waals surface area (Å²) in [5, 5.41) is 6.03. The average Bonchev–Trinajstić information content (AvgIpc) is 2.87. The molecular formula is C8H9ClN4O3S2. The lowest BCUT2D eigenvalue weighted by atomic mass is 10.4. The molecule has 0 atom stereocenters. The summed E-state index contributed by atoms with van der Waals surface area (Å²) in [5.41, 5.74) is 0.706. The van der Waals surface area contributed by atoms with Gasteiger partial charge in [0.05, 0.1) is 11.4 Å². The number of ether oxygens (including phenoxy) is 1. The highest BCUT2D eigenvalue weighted by Crippen LogP contribution is 2.30. The van der Waals surface area contributed by atoms with Crippen molar-refractivity contribution in [3.05, 3.63) is 16.0 Å². The third-order valence-corrected chi connectivity index (χ3v) is 5.35. The molecule has 0 saturated heterocycles. The molecule has 0 unspecified atom stereocenters. The van der Waals surface area contributed by atoms with Crippen molar-refractivity contribution in [1.29, 1.82) is 0 Å². The number of sulfonamides is 1. The van der Waals surface area contributed by atoms with Crippen molar-refractivity contribution in [2.75, 3.05) is 11.8 Å². The van der Waals surface area contributed by atoms with Crippen LogP contribution in [0.25, 0.3) is 0 Å². The number of H-pyrrole nitrogens is 1. The Balaban J connectivity index is 2.26. The van der Waals surface area contributed by atoms with E-state index in [-0.39, 0.29) is 16.2 Å². The van der Waals surface area contributed by atoms with E-state index in [1.807, 2.05) is 0 Å². The second kappa shape index (κ2) is 4.75. The third-order valence-electron chi connectivity index (χ3n) is 1.98. The number of halogens is 1. The van der Waals surface area contributed by atoms with Gasteiger partial charge in [0.2, 0.25) is 5.95 Å². The predicted molar refractivity (Wildman–Crippen MR) is 67.8 cm³/mol. The molecule has 0 aliphatic carbocycles. The van der Waals surface area contributed by atoms with Crippen molar-refractivity contribution in [1.82, 2.24) is 15.2 Å². The number of rotatable bonds is 4. The summed E-state index contributed by atoms with van der Waals surface area (Å²) in [6, 6.07) is 1.54. The first-order valence-electron chi connectivity index (χ1n) is 4.67. The molecule has 2 aromatic heterocycles. The van der Waals surface area contributed by atoms with E-state index in [0.29, 0.717) is 9.90 Å². The molecular weight excluding hydrogens is 300 g/mol. The number of nitrogens with zero attached hydrogens (tertiary/aromatic N) is 2. The number of hydrogen-bond donors (Lipinski definition) is 2. The van der Waals surface area contributed by atoms with E-state index >= 15 is 0 Å². The smallest absolute Gasteiger partial charge is 0.336 e. The van der Waals surface area contributed by atoms with Gasteiger partial charge in [0, 0.05) is 0 Å². The molecule has 7 nitrogen and oxygen atoms in total. The van der Waals surface area contributed by atoms with Crippen molar-refractivity contribution >= 4 is 38.9 Å². The zero-order valence-electron chi connectivity index (χ0n) is 9.39. The second-order valence-electron chi connectivity index (χ2n) is 3.30. The molecule has 10 heteroatoms. The summed E-state index contributed by atoms with van der Waals surface area (Å²) in [6.45, 7) is 1.73. The van der Waals surface area contributed by atoms with E-state index in [1.165, 1.54) is 13.2 Å². The average molecular weight is 309 g/mol. The molecule has 0 aliphatic rings. The Morgan fingerprint density at radius 2 is 2.28 bits per heavy atom. The lowest BCUT2D eigenvalue weighted by Crippen LogP contribution is -2.12. The van der Waals surface area contributed by atoms with Crippen molar-refractivity contribution in [3.8, 4) is 6.01 Å². The van der Waals surface area contributed by atoms with Gasteiger partial charge < -0.3 is 4.74 Å². The fraction of sp³-hybridized carbons (Fsp3) is 0.250. The zero-order valence-corrected chi connectivity index (χ0v) is 11.8. The number of nitrogens with one attached hydrogen (secondary N) is 2. The molecule has 2 heterocycles. The summed E-state index contributed by atoms with van der Waals surface area (Å²) in [7, 11) is -2.34. The Bertz CT molecular complexity index is 644. The minimum absolute atomic E-state index is 0.0194. The summed E-state index contributed by atoms with van der Waals surface area (Å²) >= 11 is 6.81. The fourth-order valence-corrected chi connectivity index (χ4v) is 3.79. The Morgan fingerprint density at radius 1 is 1.56 bits per heavy atom. The quantitative estimate of drug-likeness (QED) is 0.895. The maximum Gasteiger partial charge on any atom is 0.336 e. The number of thiophene rings is 1.